The number of nitrogens with zero attached hydrogens (tertiary/aromatic N) is 1. The molecule has 2 heterocycles. The van der Waals surface area contributed by atoms with Crippen LogP contribution in [0.5, 0.6) is 0 Å². The summed E-state index contributed by atoms with van der Waals surface area (Å²) < 4.78 is 1.15. The van der Waals surface area contributed by atoms with Crippen molar-refractivity contribution in [2.45, 2.75) is 43.4 Å². The Morgan fingerprint density at radius 1 is 0.840 bits per heavy atom. The van der Waals surface area contributed by atoms with Gasteiger partial charge in [0.1, 0.15) is 5.60 Å². The van der Waals surface area contributed by atoms with Crippen molar-refractivity contribution in [3.63, 3.8) is 0 Å². The molecule has 0 saturated carbocycles. The van der Waals surface area contributed by atoms with Crippen LogP contribution in [0.4, 0.5) is 0 Å². The van der Waals surface area contributed by atoms with Crippen LogP contribution in [0.2, 0.25) is 0 Å². The molecule has 2 bridgehead atoms. The van der Waals surface area contributed by atoms with Crippen molar-refractivity contribution in [1.82, 2.24) is 0 Å². The first-order valence-corrected chi connectivity index (χ1v) is 9.37. The van der Waals surface area contributed by atoms with Crippen LogP contribution in [-0.4, -0.2) is 35.8 Å². The SMILES string of the molecule is C[N+]1(C)[C@@H]2CC[C@H]1CC(=CC(O)(c1ccccc1)c1ccccc1)C2. The van der Waals surface area contributed by atoms with Crippen LogP contribution in [0.3, 0.4) is 0 Å². The van der Waals surface area contributed by atoms with Crippen molar-refractivity contribution in [2.75, 3.05) is 14.1 Å². The predicted octanol–water partition coefficient (Wildman–Crippen LogP) is 4.25. The molecule has 2 aliphatic rings. The molecule has 2 aliphatic heterocycles. The number of hydrogen-bond acceptors (Lipinski definition) is 1. The van der Waals surface area contributed by atoms with Crippen molar-refractivity contribution >= 4 is 0 Å². The van der Waals surface area contributed by atoms with Crippen LogP contribution in [-0.2, 0) is 5.60 Å². The molecule has 2 fully saturated rings. The molecule has 1 N–H and O–H groups in total. The molecule has 4 rings (SSSR count). The average molecular weight is 334 g/mol. The molecule has 2 atom stereocenters. The standard InChI is InChI=1S/C23H28NO/c1-24(2)21-13-14-22(24)16-18(15-21)17-23(25,19-9-5-3-6-10-19)20-11-7-4-8-12-20/h3-12,17,21-22,25H,13-16H2,1-2H3/q+1/t21-,22+. The highest BCUT2D eigenvalue weighted by atomic mass is 16.3. The van der Waals surface area contributed by atoms with Crippen LogP contribution >= 0.6 is 0 Å². The topological polar surface area (TPSA) is 20.2 Å². The highest BCUT2D eigenvalue weighted by molar-refractivity contribution is 5.42. The lowest BCUT2D eigenvalue weighted by Crippen LogP contribution is -2.53. The van der Waals surface area contributed by atoms with Crippen molar-refractivity contribution in [3.8, 4) is 0 Å². The van der Waals surface area contributed by atoms with Crippen molar-refractivity contribution < 1.29 is 9.59 Å². The summed E-state index contributed by atoms with van der Waals surface area (Å²) in [5.74, 6) is 0. The maximum atomic E-state index is 11.7. The largest absolute Gasteiger partial charge is 0.377 e. The first-order chi connectivity index (χ1) is 12.0. The first-order valence-electron chi connectivity index (χ1n) is 9.37. The van der Waals surface area contributed by atoms with E-state index in [2.05, 4.69) is 20.2 Å². The Kier molecular flexibility index (Phi) is 4.05. The molecule has 25 heavy (non-hydrogen) atoms. The minimum absolute atomic E-state index is 0.695. The average Bonchev–Trinajstić information content (AvgIpc) is 2.80. The van der Waals surface area contributed by atoms with E-state index in [1.165, 1.54) is 18.4 Å². The number of fused-ring (bicyclic) bond motifs is 2. The maximum Gasteiger partial charge on any atom is 0.133 e. The van der Waals surface area contributed by atoms with E-state index in [1.54, 1.807) is 0 Å². The first kappa shape index (κ1) is 16.6. The molecule has 0 unspecified atom stereocenters. The predicted molar refractivity (Wildman–Crippen MR) is 102 cm³/mol. The molecule has 2 aromatic rings. The third-order valence-electron chi connectivity index (χ3n) is 6.55. The number of rotatable bonds is 3. The van der Waals surface area contributed by atoms with Crippen LogP contribution in [0, 0.1) is 0 Å². The van der Waals surface area contributed by atoms with Crippen molar-refractivity contribution in [1.29, 1.82) is 0 Å². The summed E-state index contributed by atoms with van der Waals surface area (Å²) in [7, 11) is 4.75. The Balaban J connectivity index is 1.76. The molecule has 0 aromatic heterocycles. The van der Waals surface area contributed by atoms with E-state index in [-0.39, 0.29) is 0 Å². The highest BCUT2D eigenvalue weighted by Gasteiger charge is 2.47. The van der Waals surface area contributed by atoms with Crippen LogP contribution in [0.15, 0.2) is 72.3 Å². The van der Waals surface area contributed by atoms with E-state index in [4.69, 9.17) is 0 Å². The van der Waals surface area contributed by atoms with Gasteiger partial charge in [0.25, 0.3) is 0 Å². The van der Waals surface area contributed by atoms with Crippen LogP contribution in [0.1, 0.15) is 36.8 Å². The molecular formula is C23H28NO+. The minimum atomic E-state index is -1.05. The maximum absolute atomic E-state index is 11.7. The van der Waals surface area contributed by atoms with Gasteiger partial charge in [0.05, 0.1) is 26.2 Å². The quantitative estimate of drug-likeness (QED) is 0.657. The molecule has 0 amide bonds. The van der Waals surface area contributed by atoms with Gasteiger partial charge in [0.15, 0.2) is 0 Å². The molecule has 0 radical (unpaired) electrons. The molecule has 2 saturated heterocycles. The monoisotopic (exact) mass is 334 g/mol. The summed E-state index contributed by atoms with van der Waals surface area (Å²) in [6, 6.07) is 21.5. The summed E-state index contributed by atoms with van der Waals surface area (Å²) in [5.41, 5.74) is 2.26. The number of piperidine rings is 1. The lowest BCUT2D eigenvalue weighted by molar-refractivity contribution is -0.928. The second kappa shape index (κ2) is 6.12. The minimum Gasteiger partial charge on any atom is -0.377 e. The van der Waals surface area contributed by atoms with Gasteiger partial charge in [0.2, 0.25) is 0 Å². The lowest BCUT2D eigenvalue weighted by Gasteiger charge is -2.43. The van der Waals surface area contributed by atoms with Gasteiger partial charge < -0.3 is 9.59 Å². The molecule has 0 spiro atoms. The summed E-state index contributed by atoms with van der Waals surface area (Å²) >= 11 is 0. The second-order valence-electron chi connectivity index (χ2n) is 8.22. The third-order valence-corrected chi connectivity index (χ3v) is 6.55. The zero-order valence-electron chi connectivity index (χ0n) is 15.2. The molecule has 2 aromatic carbocycles. The van der Waals surface area contributed by atoms with E-state index >= 15 is 0 Å². The highest BCUT2D eigenvalue weighted by Crippen LogP contribution is 2.44. The van der Waals surface area contributed by atoms with Gasteiger partial charge in [-0.1, -0.05) is 66.2 Å². The molecule has 130 valence electrons. The summed E-state index contributed by atoms with van der Waals surface area (Å²) in [4.78, 5) is 0. The van der Waals surface area contributed by atoms with Gasteiger partial charge in [-0.3, -0.25) is 0 Å². The zero-order valence-corrected chi connectivity index (χ0v) is 15.2. The number of aliphatic hydroxyl groups is 1. The summed E-state index contributed by atoms with van der Waals surface area (Å²) in [6.07, 6.45) is 6.98. The Morgan fingerprint density at radius 3 is 1.72 bits per heavy atom. The van der Waals surface area contributed by atoms with Gasteiger partial charge >= 0.3 is 0 Å². The van der Waals surface area contributed by atoms with Crippen LogP contribution < -0.4 is 0 Å². The number of quaternary nitrogens is 1. The van der Waals surface area contributed by atoms with E-state index in [0.29, 0.717) is 12.1 Å². The van der Waals surface area contributed by atoms with Crippen molar-refractivity contribution in [2.24, 2.45) is 0 Å². The molecule has 2 heteroatoms. The second-order valence-corrected chi connectivity index (χ2v) is 8.22. The van der Waals surface area contributed by atoms with E-state index in [9.17, 15) is 5.11 Å². The third kappa shape index (κ3) is 2.84. The number of benzene rings is 2. The van der Waals surface area contributed by atoms with Gasteiger partial charge in [-0.05, 0) is 17.2 Å². The smallest absolute Gasteiger partial charge is 0.133 e. The molecule has 0 aliphatic carbocycles. The molecule has 2 nitrogen and oxygen atoms in total. The zero-order chi connectivity index (χ0) is 17.5. The van der Waals surface area contributed by atoms with Crippen molar-refractivity contribution in [3.05, 3.63) is 83.4 Å². The van der Waals surface area contributed by atoms with Gasteiger partial charge in [-0.25, -0.2) is 0 Å². The van der Waals surface area contributed by atoms with Gasteiger partial charge in [-0.2, -0.15) is 0 Å². The van der Waals surface area contributed by atoms with E-state index in [0.717, 1.165) is 28.5 Å². The van der Waals surface area contributed by atoms with Gasteiger partial charge in [-0.15, -0.1) is 0 Å². The molecular weight excluding hydrogens is 306 g/mol. The van der Waals surface area contributed by atoms with E-state index in [1.807, 2.05) is 60.7 Å². The Bertz CT molecular complexity index is 706. The normalized spacial score (nSPS) is 26.8. The Hall–Kier alpha value is -1.90. The lowest BCUT2D eigenvalue weighted by atomic mass is 9.82. The Labute approximate surface area is 151 Å². The van der Waals surface area contributed by atoms with Gasteiger partial charge in [0, 0.05) is 25.7 Å². The summed E-state index contributed by atoms with van der Waals surface area (Å²) in [6.45, 7) is 0. The number of hydrogen-bond donors (Lipinski definition) is 1. The van der Waals surface area contributed by atoms with E-state index < -0.39 is 5.60 Å². The fourth-order valence-corrected chi connectivity index (χ4v) is 4.84. The summed E-state index contributed by atoms with van der Waals surface area (Å²) in [5, 5.41) is 11.7. The fourth-order valence-electron chi connectivity index (χ4n) is 4.84. The Morgan fingerprint density at radius 2 is 1.28 bits per heavy atom. The fraction of sp³-hybridized carbons (Fsp3) is 0.391. The van der Waals surface area contributed by atoms with Crippen LogP contribution in [0.25, 0.3) is 0 Å².